The van der Waals surface area contributed by atoms with Gasteiger partial charge in [-0.05, 0) is 37.6 Å². The van der Waals surface area contributed by atoms with Crippen LogP contribution in [0, 0.1) is 11.8 Å². The monoisotopic (exact) mass is 301 g/mol. The molecule has 0 aromatic carbocycles. The highest BCUT2D eigenvalue weighted by molar-refractivity contribution is 5.30. The zero-order chi connectivity index (χ0) is 15.0. The number of rotatable bonds is 2. The number of hydrogen-bond acceptors (Lipinski definition) is 2. The molecule has 1 aromatic rings. The third-order valence-corrected chi connectivity index (χ3v) is 4.85. The van der Waals surface area contributed by atoms with Gasteiger partial charge >= 0.3 is 6.18 Å². The Morgan fingerprint density at radius 1 is 1.24 bits per heavy atom. The molecule has 1 saturated carbocycles. The van der Waals surface area contributed by atoms with Gasteiger partial charge in [0, 0.05) is 18.7 Å². The summed E-state index contributed by atoms with van der Waals surface area (Å²) in [6, 6.07) is 0. The molecule has 1 fully saturated rings. The Bertz CT molecular complexity index is 499. The quantitative estimate of drug-likeness (QED) is 0.907. The normalized spacial score (nSPS) is 26.7. The smallest absolute Gasteiger partial charge is 0.311 e. The maximum absolute atomic E-state index is 13.1. The summed E-state index contributed by atoms with van der Waals surface area (Å²) in [6.07, 6.45) is 0.645. The van der Waals surface area contributed by atoms with E-state index in [1.54, 1.807) is 4.68 Å². The molecule has 1 aliphatic carbocycles. The van der Waals surface area contributed by atoms with Crippen LogP contribution in [-0.4, -0.2) is 16.3 Å². The molecular formula is C15H22F3N3. The Hall–Kier alpha value is -1.04. The molecule has 21 heavy (non-hydrogen) atoms. The first-order chi connectivity index (χ1) is 9.95. The first-order valence-electron chi connectivity index (χ1n) is 7.81. The van der Waals surface area contributed by atoms with Crippen LogP contribution in [0.2, 0.25) is 0 Å². The Kier molecular flexibility index (Phi) is 3.99. The van der Waals surface area contributed by atoms with E-state index in [0.29, 0.717) is 37.5 Å². The molecule has 0 radical (unpaired) electrons. The third kappa shape index (κ3) is 3.10. The molecule has 0 bridgehead atoms. The summed E-state index contributed by atoms with van der Waals surface area (Å²) in [5.74, 6) is 1.22. The molecule has 0 atom stereocenters. The number of halogens is 3. The van der Waals surface area contributed by atoms with Crippen LogP contribution < -0.4 is 5.32 Å². The van der Waals surface area contributed by atoms with Crippen LogP contribution in [0.4, 0.5) is 13.2 Å². The van der Waals surface area contributed by atoms with Gasteiger partial charge in [-0.3, -0.25) is 4.68 Å². The Balaban J connectivity index is 1.83. The van der Waals surface area contributed by atoms with Crippen molar-refractivity contribution in [1.82, 2.24) is 15.1 Å². The molecule has 2 heterocycles. The van der Waals surface area contributed by atoms with Gasteiger partial charge in [-0.2, -0.15) is 18.3 Å². The van der Waals surface area contributed by atoms with E-state index in [4.69, 9.17) is 0 Å². The zero-order valence-corrected chi connectivity index (χ0v) is 12.3. The van der Waals surface area contributed by atoms with Crippen molar-refractivity contribution in [3.63, 3.8) is 0 Å². The highest BCUT2D eigenvalue weighted by Crippen LogP contribution is 2.35. The number of aromatic nitrogens is 2. The third-order valence-electron chi connectivity index (χ3n) is 4.85. The summed E-state index contributed by atoms with van der Waals surface area (Å²) in [5, 5.41) is 7.09. The van der Waals surface area contributed by atoms with Crippen molar-refractivity contribution in [1.29, 1.82) is 0 Å². The number of hydrogen-bond donors (Lipinski definition) is 1. The molecule has 0 amide bonds. The van der Waals surface area contributed by atoms with Crippen LogP contribution in [0.15, 0.2) is 0 Å². The molecule has 0 unspecified atom stereocenters. The van der Waals surface area contributed by atoms with Crippen LogP contribution in [0.3, 0.4) is 0 Å². The molecular weight excluding hydrogens is 279 g/mol. The summed E-state index contributed by atoms with van der Waals surface area (Å²) >= 11 is 0. The number of alkyl halides is 3. The Morgan fingerprint density at radius 2 is 1.95 bits per heavy atom. The minimum atomic E-state index is -4.34. The number of nitrogens with one attached hydrogen (secondary N) is 1. The maximum Gasteiger partial charge on any atom is 0.435 e. The van der Waals surface area contributed by atoms with Crippen LogP contribution in [0.1, 0.15) is 49.6 Å². The zero-order valence-electron chi connectivity index (χ0n) is 12.3. The van der Waals surface area contributed by atoms with E-state index in [0.717, 1.165) is 24.5 Å². The molecule has 1 aliphatic heterocycles. The average molecular weight is 301 g/mol. The lowest BCUT2D eigenvalue weighted by molar-refractivity contribution is -0.142. The van der Waals surface area contributed by atoms with Crippen molar-refractivity contribution in [2.45, 2.75) is 58.3 Å². The fraction of sp³-hybridized carbons (Fsp3) is 0.800. The molecule has 1 aromatic heterocycles. The summed E-state index contributed by atoms with van der Waals surface area (Å²) in [7, 11) is 0. The van der Waals surface area contributed by atoms with Gasteiger partial charge in [0.2, 0.25) is 0 Å². The summed E-state index contributed by atoms with van der Waals surface area (Å²) in [6.45, 7) is 3.98. The van der Waals surface area contributed by atoms with E-state index in [-0.39, 0.29) is 0 Å². The van der Waals surface area contributed by atoms with E-state index in [1.807, 2.05) is 0 Å². The highest BCUT2D eigenvalue weighted by Gasteiger charge is 2.39. The van der Waals surface area contributed by atoms with E-state index in [1.165, 1.54) is 12.8 Å². The SMILES string of the molecule is CC1CCC(Cn2nc(C(F)(F)F)c3c2CNCC3)CC1. The van der Waals surface area contributed by atoms with Crippen LogP contribution in [0.5, 0.6) is 0 Å². The predicted molar refractivity (Wildman–Crippen MR) is 73.8 cm³/mol. The lowest BCUT2D eigenvalue weighted by atomic mass is 9.83. The lowest BCUT2D eigenvalue weighted by Crippen LogP contribution is -2.27. The first-order valence-corrected chi connectivity index (χ1v) is 7.81. The van der Waals surface area contributed by atoms with E-state index in [2.05, 4.69) is 17.3 Å². The molecule has 3 nitrogen and oxygen atoms in total. The first kappa shape index (κ1) is 14.9. The molecule has 0 saturated heterocycles. The van der Waals surface area contributed by atoms with Gasteiger partial charge in [-0.1, -0.05) is 19.8 Å². The maximum atomic E-state index is 13.1. The number of nitrogens with zero attached hydrogens (tertiary/aromatic N) is 2. The summed E-state index contributed by atoms with van der Waals surface area (Å²) < 4.78 is 41.0. The van der Waals surface area contributed by atoms with Gasteiger partial charge in [0.1, 0.15) is 0 Å². The fourth-order valence-electron chi connectivity index (χ4n) is 3.55. The molecule has 118 valence electrons. The van der Waals surface area contributed by atoms with Crippen LogP contribution in [0.25, 0.3) is 0 Å². The topological polar surface area (TPSA) is 29.9 Å². The van der Waals surface area contributed by atoms with Crippen molar-refractivity contribution in [3.8, 4) is 0 Å². The average Bonchev–Trinajstić information content (AvgIpc) is 2.81. The molecule has 2 aliphatic rings. The molecule has 6 heteroatoms. The van der Waals surface area contributed by atoms with Crippen LogP contribution in [-0.2, 0) is 25.7 Å². The second-order valence-electron chi connectivity index (χ2n) is 6.51. The lowest BCUT2D eigenvalue weighted by Gasteiger charge is -2.27. The standard InChI is InChI=1S/C15H22F3N3/c1-10-2-4-11(5-3-10)9-21-13-8-19-7-6-12(13)14(20-21)15(16,17)18/h10-11,19H,2-9H2,1H3. The van der Waals surface area contributed by atoms with Gasteiger partial charge in [0.05, 0.1) is 5.69 Å². The Morgan fingerprint density at radius 3 is 2.62 bits per heavy atom. The van der Waals surface area contributed by atoms with E-state index in [9.17, 15) is 13.2 Å². The predicted octanol–water partition coefficient (Wildman–Crippen LogP) is 3.37. The second-order valence-corrected chi connectivity index (χ2v) is 6.51. The highest BCUT2D eigenvalue weighted by atomic mass is 19.4. The molecule has 1 N–H and O–H groups in total. The second kappa shape index (κ2) is 5.63. The Labute approximate surface area is 122 Å². The minimum absolute atomic E-state index is 0.408. The molecule has 0 spiro atoms. The van der Waals surface area contributed by atoms with Crippen LogP contribution >= 0.6 is 0 Å². The largest absolute Gasteiger partial charge is 0.435 e. The van der Waals surface area contributed by atoms with E-state index >= 15 is 0 Å². The summed E-state index contributed by atoms with van der Waals surface area (Å²) in [5.41, 5.74) is 0.487. The van der Waals surface area contributed by atoms with Crippen molar-refractivity contribution in [2.24, 2.45) is 11.8 Å². The number of fused-ring (bicyclic) bond motifs is 1. The fourth-order valence-corrected chi connectivity index (χ4v) is 3.55. The van der Waals surface area contributed by atoms with Gasteiger partial charge in [-0.15, -0.1) is 0 Å². The van der Waals surface area contributed by atoms with Crippen molar-refractivity contribution in [3.05, 3.63) is 17.0 Å². The van der Waals surface area contributed by atoms with Gasteiger partial charge < -0.3 is 5.32 Å². The van der Waals surface area contributed by atoms with Crippen molar-refractivity contribution < 1.29 is 13.2 Å². The van der Waals surface area contributed by atoms with Gasteiger partial charge in [0.15, 0.2) is 5.69 Å². The van der Waals surface area contributed by atoms with Crippen molar-refractivity contribution >= 4 is 0 Å². The van der Waals surface area contributed by atoms with Crippen molar-refractivity contribution in [2.75, 3.05) is 6.54 Å². The van der Waals surface area contributed by atoms with Gasteiger partial charge in [0.25, 0.3) is 0 Å². The molecule has 3 rings (SSSR count). The minimum Gasteiger partial charge on any atom is -0.311 e. The summed E-state index contributed by atoms with van der Waals surface area (Å²) in [4.78, 5) is 0. The van der Waals surface area contributed by atoms with E-state index < -0.39 is 11.9 Å². The van der Waals surface area contributed by atoms with Gasteiger partial charge in [-0.25, -0.2) is 0 Å².